The molecular formula is C19H18Cl2N2O2. The lowest BCUT2D eigenvalue weighted by Crippen LogP contribution is -2.33. The monoisotopic (exact) mass is 376 g/mol. The molecule has 4 rings (SSSR count). The molecule has 0 unspecified atom stereocenters. The molecule has 1 aromatic carbocycles. The van der Waals surface area contributed by atoms with Crippen molar-refractivity contribution in [2.24, 2.45) is 0 Å². The van der Waals surface area contributed by atoms with Gasteiger partial charge in [-0.05, 0) is 67.3 Å². The summed E-state index contributed by atoms with van der Waals surface area (Å²) in [7, 11) is 0. The maximum absolute atomic E-state index is 12.7. The van der Waals surface area contributed by atoms with Crippen LogP contribution in [0.15, 0.2) is 23.0 Å². The Morgan fingerprint density at radius 2 is 1.96 bits per heavy atom. The van der Waals surface area contributed by atoms with Gasteiger partial charge in [0.2, 0.25) is 0 Å². The van der Waals surface area contributed by atoms with E-state index in [0.29, 0.717) is 10.0 Å². The quantitative estimate of drug-likeness (QED) is 0.832. The Labute approximate surface area is 155 Å². The van der Waals surface area contributed by atoms with Crippen LogP contribution in [0, 0.1) is 0 Å². The average Bonchev–Trinajstić information content (AvgIpc) is 3.01. The van der Waals surface area contributed by atoms with E-state index in [4.69, 9.17) is 23.2 Å². The predicted octanol–water partition coefficient (Wildman–Crippen LogP) is 3.98. The Hall–Kier alpha value is -1.78. The second-order valence-corrected chi connectivity index (χ2v) is 7.50. The molecule has 1 amide bonds. The molecule has 25 heavy (non-hydrogen) atoms. The summed E-state index contributed by atoms with van der Waals surface area (Å²) in [5.41, 5.74) is 3.90. The number of hydrogen-bond acceptors (Lipinski definition) is 2. The number of aryl methyl sites for hydroxylation is 2. The molecule has 2 N–H and O–H groups in total. The van der Waals surface area contributed by atoms with Crippen LogP contribution in [0.5, 0.6) is 0 Å². The molecule has 0 radical (unpaired) electrons. The first-order valence-electron chi connectivity index (χ1n) is 8.57. The molecule has 0 spiro atoms. The molecule has 0 bridgehead atoms. The molecule has 0 aliphatic heterocycles. The minimum absolute atomic E-state index is 0.146. The maximum Gasteiger partial charge on any atom is 0.261 e. The number of H-pyrrole nitrogens is 1. The Kier molecular flexibility index (Phi) is 4.34. The molecule has 6 heteroatoms. The number of carbonyl (C=O) groups is 1. The van der Waals surface area contributed by atoms with Crippen molar-refractivity contribution in [3.05, 3.63) is 66.5 Å². The zero-order chi connectivity index (χ0) is 17.6. The number of halogens is 2. The maximum atomic E-state index is 12.7. The van der Waals surface area contributed by atoms with Crippen molar-refractivity contribution < 1.29 is 4.79 Å². The first-order chi connectivity index (χ1) is 12.0. The van der Waals surface area contributed by atoms with Gasteiger partial charge in [-0.2, -0.15) is 0 Å². The summed E-state index contributed by atoms with van der Waals surface area (Å²) in [5.74, 6) is -0.335. The molecule has 0 saturated heterocycles. The second-order valence-electron chi connectivity index (χ2n) is 6.72. The third-order valence-corrected chi connectivity index (χ3v) is 6.02. The molecule has 130 valence electrons. The smallest absolute Gasteiger partial charge is 0.261 e. The summed E-state index contributed by atoms with van der Waals surface area (Å²) in [5, 5.41) is 4.07. The van der Waals surface area contributed by atoms with Gasteiger partial charge >= 0.3 is 0 Å². The van der Waals surface area contributed by atoms with Crippen LogP contribution in [0.2, 0.25) is 10.0 Å². The molecule has 0 fully saturated rings. The van der Waals surface area contributed by atoms with Crippen LogP contribution in [-0.2, 0) is 19.3 Å². The highest BCUT2D eigenvalue weighted by molar-refractivity contribution is 6.42. The number of aromatic nitrogens is 1. The lowest BCUT2D eigenvalue weighted by molar-refractivity contribution is 0.0935. The van der Waals surface area contributed by atoms with Crippen molar-refractivity contribution in [2.45, 2.75) is 44.6 Å². The van der Waals surface area contributed by atoms with Crippen LogP contribution in [-0.4, -0.2) is 10.9 Å². The predicted molar refractivity (Wildman–Crippen MR) is 98.7 cm³/mol. The van der Waals surface area contributed by atoms with Gasteiger partial charge in [-0.25, -0.2) is 0 Å². The number of rotatable bonds is 2. The summed E-state index contributed by atoms with van der Waals surface area (Å²) in [6, 6.07) is 5.26. The molecule has 2 aliphatic carbocycles. The highest BCUT2D eigenvalue weighted by Gasteiger charge is 2.28. The van der Waals surface area contributed by atoms with Gasteiger partial charge in [0.25, 0.3) is 11.5 Å². The van der Waals surface area contributed by atoms with E-state index in [1.807, 2.05) is 6.07 Å². The molecule has 2 aromatic rings. The Morgan fingerprint density at radius 1 is 1.16 bits per heavy atom. The van der Waals surface area contributed by atoms with Gasteiger partial charge < -0.3 is 10.3 Å². The Balaban J connectivity index is 1.60. The number of amides is 1. The first kappa shape index (κ1) is 16.7. The normalized spacial score (nSPS) is 18.6. The number of aromatic amines is 1. The van der Waals surface area contributed by atoms with Gasteiger partial charge in [-0.1, -0.05) is 29.3 Å². The van der Waals surface area contributed by atoms with Gasteiger partial charge in [-0.15, -0.1) is 0 Å². The van der Waals surface area contributed by atoms with E-state index in [0.717, 1.165) is 60.9 Å². The van der Waals surface area contributed by atoms with Gasteiger partial charge in [0.1, 0.15) is 5.56 Å². The summed E-state index contributed by atoms with van der Waals surface area (Å²) >= 11 is 12.3. The van der Waals surface area contributed by atoms with Crippen molar-refractivity contribution in [2.75, 3.05) is 0 Å². The first-order valence-corrected chi connectivity index (χ1v) is 9.33. The minimum atomic E-state index is -0.335. The van der Waals surface area contributed by atoms with Crippen molar-refractivity contribution >= 4 is 29.1 Å². The van der Waals surface area contributed by atoms with Gasteiger partial charge in [0.05, 0.1) is 16.1 Å². The lowest BCUT2D eigenvalue weighted by Gasteiger charge is -2.18. The minimum Gasteiger partial charge on any atom is -0.345 e. The van der Waals surface area contributed by atoms with E-state index < -0.39 is 0 Å². The van der Waals surface area contributed by atoms with Crippen molar-refractivity contribution in [1.82, 2.24) is 10.3 Å². The Bertz CT molecular complexity index is 920. The lowest BCUT2D eigenvalue weighted by atomic mass is 9.95. The average molecular weight is 377 g/mol. The topological polar surface area (TPSA) is 62.0 Å². The number of benzene rings is 1. The van der Waals surface area contributed by atoms with Crippen LogP contribution in [0.3, 0.4) is 0 Å². The van der Waals surface area contributed by atoms with E-state index in [2.05, 4.69) is 10.3 Å². The van der Waals surface area contributed by atoms with Crippen molar-refractivity contribution in [3.8, 4) is 0 Å². The van der Waals surface area contributed by atoms with Crippen LogP contribution in [0.1, 0.15) is 58.0 Å². The third-order valence-electron chi connectivity index (χ3n) is 5.18. The molecule has 4 nitrogen and oxygen atoms in total. The Morgan fingerprint density at radius 3 is 2.80 bits per heavy atom. The standard InChI is InChI=1S/C19H18Cl2N2O2/c20-14-7-5-11-12(17(14)21)6-8-16(11)23-19(25)13-9-10-3-1-2-4-15(10)22-18(13)24/h5,7,9,16H,1-4,6,8H2,(H,22,24)(H,23,25)/t16-/m1/s1. The number of fused-ring (bicyclic) bond motifs is 2. The third kappa shape index (κ3) is 2.98. The molecule has 1 atom stereocenters. The fraction of sp³-hybridized carbons (Fsp3) is 0.368. The summed E-state index contributed by atoms with van der Waals surface area (Å²) < 4.78 is 0. The largest absolute Gasteiger partial charge is 0.345 e. The van der Waals surface area contributed by atoms with Gasteiger partial charge in [0, 0.05) is 5.69 Å². The molecule has 1 aromatic heterocycles. The fourth-order valence-electron chi connectivity index (χ4n) is 3.86. The summed E-state index contributed by atoms with van der Waals surface area (Å²) in [6.45, 7) is 0. The molecule has 0 saturated carbocycles. The van der Waals surface area contributed by atoms with Crippen LogP contribution < -0.4 is 10.9 Å². The second kappa shape index (κ2) is 6.50. The van der Waals surface area contributed by atoms with Crippen LogP contribution >= 0.6 is 23.2 Å². The molecular weight excluding hydrogens is 359 g/mol. The van der Waals surface area contributed by atoms with Crippen molar-refractivity contribution in [3.63, 3.8) is 0 Å². The van der Waals surface area contributed by atoms with E-state index >= 15 is 0 Å². The number of nitrogens with one attached hydrogen (secondary N) is 2. The highest BCUT2D eigenvalue weighted by Crippen LogP contribution is 2.39. The number of hydrogen-bond donors (Lipinski definition) is 2. The zero-order valence-electron chi connectivity index (χ0n) is 13.6. The van der Waals surface area contributed by atoms with Crippen LogP contribution in [0.4, 0.5) is 0 Å². The molecule has 2 aliphatic rings. The highest BCUT2D eigenvalue weighted by atomic mass is 35.5. The summed E-state index contributed by atoms with van der Waals surface area (Å²) in [4.78, 5) is 27.9. The van der Waals surface area contributed by atoms with E-state index in [1.54, 1.807) is 12.1 Å². The summed E-state index contributed by atoms with van der Waals surface area (Å²) in [6.07, 6.45) is 5.48. The van der Waals surface area contributed by atoms with Crippen LogP contribution in [0.25, 0.3) is 0 Å². The van der Waals surface area contributed by atoms with E-state index in [9.17, 15) is 9.59 Å². The van der Waals surface area contributed by atoms with E-state index in [1.165, 1.54) is 0 Å². The van der Waals surface area contributed by atoms with Gasteiger partial charge in [0.15, 0.2) is 0 Å². The van der Waals surface area contributed by atoms with E-state index in [-0.39, 0.29) is 23.1 Å². The van der Waals surface area contributed by atoms with Gasteiger partial charge in [-0.3, -0.25) is 9.59 Å². The zero-order valence-corrected chi connectivity index (χ0v) is 15.1. The molecule has 1 heterocycles. The fourth-order valence-corrected chi connectivity index (χ4v) is 4.31. The number of pyridine rings is 1. The number of carbonyl (C=O) groups excluding carboxylic acids is 1. The van der Waals surface area contributed by atoms with Crippen molar-refractivity contribution in [1.29, 1.82) is 0 Å². The SMILES string of the molecule is O=C(N[C@@H]1CCc2c1ccc(Cl)c2Cl)c1cc2c([nH]c1=O)CCCC2.